The molecule has 34 heavy (non-hydrogen) atoms. The normalized spacial score (nSPS) is 20.0. The van der Waals surface area contributed by atoms with Gasteiger partial charge >= 0.3 is 18.2 Å². The van der Waals surface area contributed by atoms with Crippen molar-refractivity contribution >= 4 is 17.9 Å². The summed E-state index contributed by atoms with van der Waals surface area (Å²) in [5.74, 6) is -1.57. The summed E-state index contributed by atoms with van der Waals surface area (Å²) < 4.78 is 33.7. The Balaban J connectivity index is 0.000000406. The lowest BCUT2D eigenvalue weighted by atomic mass is 9.83. The topological polar surface area (TPSA) is 124 Å². The number of likely N-dealkylation sites (tertiary alicyclic amines) is 1. The highest BCUT2D eigenvalue weighted by Gasteiger charge is 2.47. The molecular weight excluding hydrogens is 459 g/mol. The second kappa shape index (κ2) is 9.76. The molecule has 0 atom stereocenters. The number of rotatable bonds is 2. The van der Waals surface area contributed by atoms with Gasteiger partial charge in [0, 0.05) is 46.3 Å². The van der Waals surface area contributed by atoms with Gasteiger partial charge in [-0.25, -0.2) is 9.59 Å². The van der Waals surface area contributed by atoms with Gasteiger partial charge in [0.25, 0.3) is 5.91 Å². The molecule has 1 saturated carbocycles. The fourth-order valence-corrected chi connectivity index (χ4v) is 4.42. The van der Waals surface area contributed by atoms with E-state index in [0.717, 1.165) is 38.1 Å². The van der Waals surface area contributed by atoms with E-state index in [9.17, 15) is 22.8 Å². The van der Waals surface area contributed by atoms with Crippen molar-refractivity contribution in [2.75, 3.05) is 40.8 Å². The monoisotopic (exact) mass is 489 g/mol. The number of likely N-dealkylation sites (N-methyl/N-ethyl adjacent to an activating group) is 1. The number of carboxylic acids is 1. The number of hydrogen-bond acceptors (Lipinski definition) is 6. The number of amides is 3. The van der Waals surface area contributed by atoms with Gasteiger partial charge in [0.1, 0.15) is 0 Å². The minimum atomic E-state index is -5.08. The number of alkyl halides is 3. The Kier molecular flexibility index (Phi) is 7.38. The van der Waals surface area contributed by atoms with E-state index in [2.05, 4.69) is 27.5 Å². The van der Waals surface area contributed by atoms with Crippen molar-refractivity contribution in [3.05, 3.63) is 11.6 Å². The van der Waals surface area contributed by atoms with Crippen molar-refractivity contribution in [1.82, 2.24) is 34.8 Å². The zero-order chi connectivity index (χ0) is 25.3. The third-order valence-electron chi connectivity index (χ3n) is 6.69. The van der Waals surface area contributed by atoms with Gasteiger partial charge in [-0.1, -0.05) is 0 Å². The smallest absolute Gasteiger partial charge is 0.475 e. The standard InChI is InChI=1S/C18H29N7O2.C2HF3O2/c1-22(2)17(27)24-9-7-18(8-10-24)16-21-20-14(25(16)12-11-23(18)3)15(26)19-13-5-4-6-13;3-2(4,5)1(6)7/h13H,4-12H2,1-3H3,(H,19,26);(H,6,7). The fraction of sp³-hybridized carbons (Fsp3) is 0.750. The summed E-state index contributed by atoms with van der Waals surface area (Å²) >= 11 is 0. The quantitative estimate of drug-likeness (QED) is 0.638. The first-order chi connectivity index (χ1) is 15.9. The Morgan fingerprint density at radius 2 is 1.68 bits per heavy atom. The van der Waals surface area contributed by atoms with Gasteiger partial charge < -0.3 is 24.8 Å². The molecule has 1 aliphatic carbocycles. The van der Waals surface area contributed by atoms with E-state index >= 15 is 0 Å². The number of aromatic nitrogens is 3. The average Bonchev–Trinajstić information content (AvgIpc) is 3.18. The van der Waals surface area contributed by atoms with Crippen molar-refractivity contribution in [2.45, 2.75) is 56.4 Å². The van der Waals surface area contributed by atoms with E-state index in [-0.39, 0.29) is 23.5 Å². The van der Waals surface area contributed by atoms with Crippen LogP contribution in [0, 0.1) is 0 Å². The van der Waals surface area contributed by atoms with E-state index in [1.807, 2.05) is 9.47 Å². The van der Waals surface area contributed by atoms with Crippen LogP contribution in [0.4, 0.5) is 18.0 Å². The molecular formula is C20H30F3N7O4. The van der Waals surface area contributed by atoms with Crippen molar-refractivity contribution in [2.24, 2.45) is 0 Å². The van der Waals surface area contributed by atoms with Crippen molar-refractivity contribution < 1.29 is 32.7 Å². The zero-order valence-corrected chi connectivity index (χ0v) is 19.4. The van der Waals surface area contributed by atoms with Gasteiger partial charge in [0.05, 0.1) is 5.54 Å². The lowest BCUT2D eigenvalue weighted by Crippen LogP contribution is -2.58. The summed E-state index contributed by atoms with van der Waals surface area (Å²) in [6.45, 7) is 2.92. The number of carbonyl (C=O) groups excluding carboxylic acids is 2. The summed E-state index contributed by atoms with van der Waals surface area (Å²) in [4.78, 5) is 39.6. The highest BCUT2D eigenvalue weighted by molar-refractivity contribution is 5.91. The lowest BCUT2D eigenvalue weighted by molar-refractivity contribution is -0.192. The van der Waals surface area contributed by atoms with Crippen molar-refractivity contribution in [3.63, 3.8) is 0 Å². The average molecular weight is 489 g/mol. The maximum absolute atomic E-state index is 12.6. The van der Waals surface area contributed by atoms with E-state index in [0.29, 0.717) is 25.5 Å². The molecule has 0 aromatic carbocycles. The number of fused-ring (bicyclic) bond motifs is 2. The number of urea groups is 1. The van der Waals surface area contributed by atoms with E-state index < -0.39 is 12.1 Å². The van der Waals surface area contributed by atoms with Crippen LogP contribution in [-0.4, -0.2) is 105 Å². The number of piperidine rings is 1. The number of hydrogen-bond donors (Lipinski definition) is 2. The number of aliphatic carboxylic acids is 1. The molecule has 0 bridgehead atoms. The highest BCUT2D eigenvalue weighted by atomic mass is 19.4. The van der Waals surface area contributed by atoms with Crippen LogP contribution in [0.1, 0.15) is 48.5 Å². The molecule has 14 heteroatoms. The molecule has 11 nitrogen and oxygen atoms in total. The molecule has 3 heterocycles. The molecule has 1 spiro atoms. The molecule has 2 aliphatic heterocycles. The van der Waals surface area contributed by atoms with E-state index in [1.54, 1.807) is 19.0 Å². The Hall–Kier alpha value is -2.90. The molecule has 2 N–H and O–H groups in total. The second-order valence-corrected chi connectivity index (χ2v) is 9.02. The SMILES string of the molecule is CN(C)C(=O)N1CCC2(CC1)c1nnc(C(=O)NC3CCC3)n1CCN2C.O=C(O)C(F)(F)F. The molecule has 190 valence electrons. The lowest BCUT2D eigenvalue weighted by Gasteiger charge is -2.49. The molecule has 1 saturated heterocycles. The van der Waals surface area contributed by atoms with Crippen LogP contribution in [0.3, 0.4) is 0 Å². The fourth-order valence-electron chi connectivity index (χ4n) is 4.42. The number of nitrogens with one attached hydrogen (secondary N) is 1. The Bertz CT molecular complexity index is 922. The molecule has 1 aromatic heterocycles. The van der Waals surface area contributed by atoms with Gasteiger partial charge in [-0.3, -0.25) is 9.69 Å². The molecule has 3 aliphatic rings. The Labute approximate surface area is 194 Å². The maximum Gasteiger partial charge on any atom is 0.490 e. The molecule has 4 rings (SSSR count). The second-order valence-electron chi connectivity index (χ2n) is 9.02. The van der Waals surface area contributed by atoms with Crippen molar-refractivity contribution in [1.29, 1.82) is 0 Å². The summed E-state index contributed by atoms with van der Waals surface area (Å²) in [6.07, 6.45) is -0.208. The molecule has 1 aromatic rings. The van der Waals surface area contributed by atoms with Gasteiger partial charge in [-0.05, 0) is 39.2 Å². The minimum absolute atomic E-state index is 0.0466. The summed E-state index contributed by atoms with van der Waals surface area (Å²) in [5, 5.41) is 18.9. The van der Waals surface area contributed by atoms with Crippen LogP contribution < -0.4 is 5.32 Å². The van der Waals surface area contributed by atoms with Gasteiger partial charge in [0.2, 0.25) is 5.82 Å². The number of carbonyl (C=O) groups is 3. The number of carboxylic acid groups (broad SMARTS) is 1. The third-order valence-corrected chi connectivity index (χ3v) is 6.69. The molecule has 0 radical (unpaired) electrons. The first-order valence-corrected chi connectivity index (χ1v) is 11.1. The zero-order valence-electron chi connectivity index (χ0n) is 19.4. The van der Waals surface area contributed by atoms with Crippen LogP contribution in [0.15, 0.2) is 0 Å². The van der Waals surface area contributed by atoms with E-state index in [1.165, 1.54) is 6.42 Å². The summed E-state index contributed by atoms with van der Waals surface area (Å²) in [6, 6.07) is 0.330. The third kappa shape index (κ3) is 5.10. The van der Waals surface area contributed by atoms with Crippen LogP contribution >= 0.6 is 0 Å². The summed E-state index contributed by atoms with van der Waals surface area (Å²) in [7, 11) is 5.67. The highest BCUT2D eigenvalue weighted by Crippen LogP contribution is 2.39. The Morgan fingerprint density at radius 3 is 2.15 bits per heavy atom. The van der Waals surface area contributed by atoms with Crippen LogP contribution in [0.2, 0.25) is 0 Å². The minimum Gasteiger partial charge on any atom is -0.475 e. The van der Waals surface area contributed by atoms with Crippen LogP contribution in [-0.2, 0) is 16.9 Å². The first-order valence-electron chi connectivity index (χ1n) is 11.1. The molecule has 0 unspecified atom stereocenters. The van der Waals surface area contributed by atoms with Gasteiger partial charge in [-0.15, -0.1) is 10.2 Å². The van der Waals surface area contributed by atoms with Crippen molar-refractivity contribution in [3.8, 4) is 0 Å². The summed E-state index contributed by atoms with van der Waals surface area (Å²) in [5.41, 5.74) is -0.261. The number of halogens is 3. The maximum atomic E-state index is 12.6. The first kappa shape index (κ1) is 25.7. The van der Waals surface area contributed by atoms with Gasteiger partial charge in [-0.2, -0.15) is 13.2 Å². The largest absolute Gasteiger partial charge is 0.490 e. The molecule has 2 fully saturated rings. The van der Waals surface area contributed by atoms with Crippen LogP contribution in [0.25, 0.3) is 0 Å². The number of nitrogens with zero attached hydrogens (tertiary/aromatic N) is 6. The predicted octanol–water partition coefficient (Wildman–Crippen LogP) is 1.11. The van der Waals surface area contributed by atoms with E-state index in [4.69, 9.17) is 9.90 Å². The molecule has 3 amide bonds. The van der Waals surface area contributed by atoms with Crippen LogP contribution in [0.5, 0.6) is 0 Å². The predicted molar refractivity (Wildman–Crippen MR) is 113 cm³/mol. The van der Waals surface area contributed by atoms with Gasteiger partial charge in [0.15, 0.2) is 5.82 Å². The Morgan fingerprint density at radius 1 is 1.09 bits per heavy atom.